The first-order valence-corrected chi connectivity index (χ1v) is 12.2. The van der Waals surface area contributed by atoms with Gasteiger partial charge in [0.05, 0.1) is 12.2 Å². The van der Waals surface area contributed by atoms with Gasteiger partial charge in [-0.25, -0.2) is 4.79 Å². The molecule has 0 unspecified atom stereocenters. The molecular weight excluding hydrogens is 520 g/mol. The summed E-state index contributed by atoms with van der Waals surface area (Å²) in [6.45, 7) is 7.35. The van der Waals surface area contributed by atoms with Crippen molar-refractivity contribution in [2.45, 2.75) is 33.8 Å². The smallest absolute Gasteiger partial charge is 0.341 e. The molecule has 1 heterocycles. The van der Waals surface area contributed by atoms with E-state index in [1.54, 1.807) is 50.2 Å². The van der Waals surface area contributed by atoms with Crippen molar-refractivity contribution in [3.8, 4) is 5.75 Å². The number of carbonyl (C=O) groups excluding carboxylic acids is 3. The van der Waals surface area contributed by atoms with Crippen LogP contribution in [-0.4, -0.2) is 30.5 Å². The van der Waals surface area contributed by atoms with Crippen LogP contribution in [0.2, 0.25) is 0 Å². The van der Waals surface area contributed by atoms with Crippen LogP contribution in [0.1, 0.15) is 45.0 Å². The number of rotatable bonds is 8. The Morgan fingerprint density at radius 3 is 2.26 bits per heavy atom. The average Bonchev–Trinajstić information content (AvgIpc) is 3.08. The van der Waals surface area contributed by atoms with Crippen molar-refractivity contribution in [1.82, 2.24) is 0 Å². The topological polar surface area (TPSA) is 93.7 Å². The minimum Gasteiger partial charge on any atom is -0.481 e. The van der Waals surface area contributed by atoms with Crippen molar-refractivity contribution < 1.29 is 23.9 Å². The Balaban J connectivity index is 1.63. The fourth-order valence-electron chi connectivity index (χ4n) is 3.06. The SMILES string of the molecule is CCOC(=O)c1c(NC(=O)c2ccc(O[C@@H](C)C(=O)Nc3ccc(Br)cc3)cc2)sc(C)c1C. The van der Waals surface area contributed by atoms with E-state index < -0.39 is 12.1 Å². The van der Waals surface area contributed by atoms with Crippen LogP contribution in [0.3, 0.4) is 0 Å². The fraction of sp³-hybridized carbons (Fsp3) is 0.240. The molecule has 1 aromatic heterocycles. The van der Waals surface area contributed by atoms with E-state index in [0.717, 1.165) is 14.9 Å². The Bertz CT molecular complexity index is 1190. The summed E-state index contributed by atoms with van der Waals surface area (Å²) in [6, 6.07) is 13.7. The van der Waals surface area contributed by atoms with Gasteiger partial charge in [0.1, 0.15) is 10.8 Å². The molecule has 0 aliphatic heterocycles. The molecule has 2 aromatic carbocycles. The van der Waals surface area contributed by atoms with Gasteiger partial charge in [0.15, 0.2) is 6.10 Å². The van der Waals surface area contributed by atoms with E-state index in [0.29, 0.717) is 27.6 Å². The van der Waals surface area contributed by atoms with Crippen LogP contribution in [-0.2, 0) is 9.53 Å². The second-order valence-corrected chi connectivity index (χ2v) is 9.58. The number of anilines is 2. The number of hydrogen-bond acceptors (Lipinski definition) is 6. The van der Waals surface area contributed by atoms with E-state index in [1.165, 1.54) is 11.3 Å². The number of halogens is 1. The number of aryl methyl sites for hydroxylation is 1. The Morgan fingerprint density at radius 1 is 1.00 bits per heavy atom. The first kappa shape index (κ1) is 25.5. The van der Waals surface area contributed by atoms with Gasteiger partial charge in [-0.3, -0.25) is 9.59 Å². The highest BCUT2D eigenvalue weighted by Gasteiger charge is 2.22. The summed E-state index contributed by atoms with van der Waals surface area (Å²) in [4.78, 5) is 38.4. The second-order valence-electron chi connectivity index (χ2n) is 7.44. The number of carbonyl (C=O) groups is 3. The van der Waals surface area contributed by atoms with Gasteiger partial charge in [-0.15, -0.1) is 11.3 Å². The van der Waals surface area contributed by atoms with Gasteiger partial charge in [0.2, 0.25) is 0 Å². The average molecular weight is 545 g/mol. The molecule has 3 aromatic rings. The minimum absolute atomic E-state index is 0.252. The molecule has 34 heavy (non-hydrogen) atoms. The van der Waals surface area contributed by atoms with E-state index in [2.05, 4.69) is 26.6 Å². The standard InChI is InChI=1S/C25H25BrN2O5S/c1-5-32-25(31)21-14(2)16(4)34-24(21)28-23(30)17-6-12-20(13-7-17)33-15(3)22(29)27-19-10-8-18(26)9-11-19/h6-13,15H,5H2,1-4H3,(H,27,29)(H,28,30)/t15-/m0/s1. The third-order valence-corrected chi connectivity index (χ3v) is 6.65. The zero-order chi connectivity index (χ0) is 24.8. The van der Waals surface area contributed by atoms with Crippen LogP contribution < -0.4 is 15.4 Å². The van der Waals surface area contributed by atoms with Gasteiger partial charge >= 0.3 is 5.97 Å². The summed E-state index contributed by atoms with van der Waals surface area (Å²) in [5.74, 6) is -0.665. The summed E-state index contributed by atoms with van der Waals surface area (Å²) >= 11 is 4.68. The summed E-state index contributed by atoms with van der Waals surface area (Å²) in [7, 11) is 0. The van der Waals surface area contributed by atoms with Gasteiger partial charge in [0.25, 0.3) is 11.8 Å². The van der Waals surface area contributed by atoms with Crippen LogP contribution in [0.5, 0.6) is 5.75 Å². The molecular formula is C25H25BrN2O5S. The van der Waals surface area contributed by atoms with Crippen LogP contribution in [0.25, 0.3) is 0 Å². The molecule has 3 rings (SSSR count). The van der Waals surface area contributed by atoms with Crippen LogP contribution in [0, 0.1) is 13.8 Å². The van der Waals surface area contributed by atoms with Gasteiger partial charge in [-0.05, 0) is 81.8 Å². The van der Waals surface area contributed by atoms with Crippen molar-refractivity contribution >= 4 is 55.7 Å². The first-order chi connectivity index (χ1) is 16.2. The maximum Gasteiger partial charge on any atom is 0.341 e. The molecule has 0 aliphatic rings. The lowest BCUT2D eigenvalue weighted by Gasteiger charge is -2.15. The van der Waals surface area contributed by atoms with Crippen LogP contribution >= 0.6 is 27.3 Å². The number of thiophene rings is 1. The molecule has 0 spiro atoms. The monoisotopic (exact) mass is 544 g/mol. The maximum absolute atomic E-state index is 12.8. The number of amides is 2. The predicted molar refractivity (Wildman–Crippen MR) is 137 cm³/mol. The quantitative estimate of drug-likeness (QED) is 0.341. The van der Waals surface area contributed by atoms with Crippen LogP contribution in [0.15, 0.2) is 53.0 Å². The molecule has 178 valence electrons. The van der Waals surface area contributed by atoms with Crippen molar-refractivity contribution in [2.75, 3.05) is 17.2 Å². The lowest BCUT2D eigenvalue weighted by Crippen LogP contribution is -2.30. The number of hydrogen-bond donors (Lipinski definition) is 2. The van der Waals surface area contributed by atoms with Gasteiger partial charge in [0, 0.05) is 20.6 Å². The summed E-state index contributed by atoms with van der Waals surface area (Å²) < 4.78 is 11.8. The van der Waals surface area contributed by atoms with E-state index in [1.807, 2.05) is 26.0 Å². The van der Waals surface area contributed by atoms with E-state index in [4.69, 9.17) is 9.47 Å². The molecule has 2 N–H and O–H groups in total. The minimum atomic E-state index is -0.743. The molecule has 0 saturated carbocycles. The van der Waals surface area contributed by atoms with E-state index in [-0.39, 0.29) is 18.4 Å². The number of nitrogens with one attached hydrogen (secondary N) is 2. The third-order valence-electron chi connectivity index (χ3n) is 5.00. The summed E-state index contributed by atoms with van der Waals surface area (Å²) in [5.41, 5.74) is 2.22. The van der Waals surface area contributed by atoms with Crippen molar-refractivity contribution in [3.63, 3.8) is 0 Å². The molecule has 7 nitrogen and oxygen atoms in total. The molecule has 2 amide bonds. The molecule has 0 fully saturated rings. The lowest BCUT2D eigenvalue weighted by molar-refractivity contribution is -0.122. The second kappa shape index (κ2) is 11.3. The van der Waals surface area contributed by atoms with Crippen LogP contribution in [0.4, 0.5) is 10.7 Å². The zero-order valence-electron chi connectivity index (χ0n) is 19.2. The summed E-state index contributed by atoms with van der Waals surface area (Å²) in [5, 5.41) is 6.05. The summed E-state index contributed by atoms with van der Waals surface area (Å²) in [6.07, 6.45) is -0.743. The Morgan fingerprint density at radius 2 is 1.65 bits per heavy atom. The highest BCUT2D eigenvalue weighted by atomic mass is 79.9. The number of ether oxygens (including phenoxy) is 2. The predicted octanol–water partition coefficient (Wildman–Crippen LogP) is 5.96. The fourth-order valence-corrected chi connectivity index (χ4v) is 4.37. The number of benzene rings is 2. The third kappa shape index (κ3) is 6.24. The van der Waals surface area contributed by atoms with Gasteiger partial charge in [-0.2, -0.15) is 0 Å². The first-order valence-electron chi connectivity index (χ1n) is 10.6. The van der Waals surface area contributed by atoms with E-state index >= 15 is 0 Å². The molecule has 1 atom stereocenters. The molecule has 0 aliphatic carbocycles. The molecule has 9 heteroatoms. The van der Waals surface area contributed by atoms with Gasteiger partial charge in [-0.1, -0.05) is 15.9 Å². The maximum atomic E-state index is 12.8. The molecule has 0 radical (unpaired) electrons. The highest BCUT2D eigenvalue weighted by Crippen LogP contribution is 2.33. The van der Waals surface area contributed by atoms with Gasteiger partial charge < -0.3 is 20.1 Å². The zero-order valence-corrected chi connectivity index (χ0v) is 21.6. The van der Waals surface area contributed by atoms with Crippen molar-refractivity contribution in [2.24, 2.45) is 0 Å². The Kier molecular flexibility index (Phi) is 8.46. The highest BCUT2D eigenvalue weighted by molar-refractivity contribution is 9.10. The normalized spacial score (nSPS) is 11.4. The Hall–Kier alpha value is -3.17. The molecule has 0 saturated heterocycles. The van der Waals surface area contributed by atoms with E-state index in [9.17, 15) is 14.4 Å². The van der Waals surface area contributed by atoms with Crippen molar-refractivity contribution in [3.05, 3.63) is 74.6 Å². The largest absolute Gasteiger partial charge is 0.481 e. The molecule has 0 bridgehead atoms. The Labute approximate surface area is 210 Å². The lowest BCUT2D eigenvalue weighted by atomic mass is 10.1. The van der Waals surface area contributed by atoms with Crippen molar-refractivity contribution in [1.29, 1.82) is 0 Å². The number of esters is 1.